The largest absolute Gasteiger partial charge is 0.378 e. The predicted molar refractivity (Wildman–Crippen MR) is 75.3 cm³/mol. The summed E-state index contributed by atoms with van der Waals surface area (Å²) in [5.74, 6) is 0.284. The Hall–Kier alpha value is -1.14. The van der Waals surface area contributed by atoms with Crippen LogP contribution in [0.5, 0.6) is 0 Å². The van der Waals surface area contributed by atoms with Crippen LogP contribution in [0.3, 0.4) is 0 Å². The average molecular weight is 283 g/mol. The minimum Gasteiger partial charge on any atom is -0.378 e. The van der Waals surface area contributed by atoms with Gasteiger partial charge >= 0.3 is 0 Å². The Balaban J connectivity index is 1.69. The maximum absolute atomic E-state index is 12.2. The molecule has 0 radical (unpaired) electrons. The lowest BCUT2D eigenvalue weighted by atomic mass is 10.0. The molecule has 0 aromatic heterocycles. The van der Waals surface area contributed by atoms with E-state index >= 15 is 0 Å². The van der Waals surface area contributed by atoms with Gasteiger partial charge in [-0.2, -0.15) is 0 Å². The second-order valence-electron chi connectivity index (χ2n) is 5.51. The maximum atomic E-state index is 12.2. The van der Waals surface area contributed by atoms with Gasteiger partial charge in [-0.25, -0.2) is 0 Å². The molecule has 114 valence electrons. The first-order valence-electron chi connectivity index (χ1n) is 7.57. The molecule has 2 amide bonds. The van der Waals surface area contributed by atoms with Gasteiger partial charge in [0.05, 0.1) is 13.2 Å². The molecule has 1 atom stereocenters. The van der Waals surface area contributed by atoms with Crippen molar-refractivity contribution >= 4 is 11.8 Å². The molecule has 1 unspecified atom stereocenters. The Labute approximate surface area is 120 Å². The number of hydrogen-bond donors (Lipinski definition) is 2. The monoisotopic (exact) mass is 283 g/mol. The molecule has 6 nitrogen and oxygen atoms in total. The summed E-state index contributed by atoms with van der Waals surface area (Å²) in [5, 5.41) is 6.30. The number of morpholine rings is 1. The van der Waals surface area contributed by atoms with Gasteiger partial charge in [0.1, 0.15) is 0 Å². The normalized spacial score (nSPS) is 24.4. The van der Waals surface area contributed by atoms with Gasteiger partial charge in [0, 0.05) is 44.6 Å². The fourth-order valence-electron chi connectivity index (χ4n) is 2.69. The van der Waals surface area contributed by atoms with Crippen molar-refractivity contribution in [2.75, 3.05) is 32.8 Å². The predicted octanol–water partition coefficient (Wildman–Crippen LogP) is -0.118. The quantitative estimate of drug-likeness (QED) is 0.755. The molecule has 0 aromatic carbocycles. The first kappa shape index (κ1) is 15.3. The number of nitrogens with zero attached hydrogens (tertiary/aromatic N) is 1. The summed E-state index contributed by atoms with van der Waals surface area (Å²) in [6, 6.07) is 0.372. The Bertz CT molecular complexity index is 335. The number of piperidine rings is 1. The van der Waals surface area contributed by atoms with E-state index in [1.165, 1.54) is 0 Å². The van der Waals surface area contributed by atoms with Crippen LogP contribution in [0.25, 0.3) is 0 Å². The van der Waals surface area contributed by atoms with Crippen LogP contribution in [0.2, 0.25) is 0 Å². The highest BCUT2D eigenvalue weighted by Crippen LogP contribution is 2.13. The van der Waals surface area contributed by atoms with Crippen LogP contribution < -0.4 is 10.6 Å². The van der Waals surface area contributed by atoms with Crippen molar-refractivity contribution < 1.29 is 14.3 Å². The molecular weight excluding hydrogens is 258 g/mol. The molecule has 6 heteroatoms. The third-order valence-electron chi connectivity index (χ3n) is 3.95. The number of carbonyl (C=O) groups is 2. The first-order valence-corrected chi connectivity index (χ1v) is 7.57. The SMILES string of the molecule is CCC(=O)NC1CCN(C(=O)CC2COCCN2)CC1. The Morgan fingerprint density at radius 3 is 2.70 bits per heavy atom. The lowest BCUT2D eigenvalue weighted by Gasteiger charge is -2.34. The molecular formula is C14H25N3O3. The van der Waals surface area contributed by atoms with E-state index in [4.69, 9.17) is 4.74 Å². The minimum atomic E-state index is 0.0957. The molecule has 0 saturated carbocycles. The number of hydrogen-bond acceptors (Lipinski definition) is 4. The van der Waals surface area contributed by atoms with E-state index in [-0.39, 0.29) is 23.9 Å². The summed E-state index contributed by atoms with van der Waals surface area (Å²) < 4.78 is 5.36. The number of ether oxygens (including phenoxy) is 1. The van der Waals surface area contributed by atoms with Crippen molar-refractivity contribution in [3.63, 3.8) is 0 Å². The number of likely N-dealkylation sites (tertiary alicyclic amines) is 1. The van der Waals surface area contributed by atoms with Gasteiger partial charge in [-0.1, -0.05) is 6.92 Å². The Kier molecular flexibility index (Phi) is 5.79. The van der Waals surface area contributed by atoms with Gasteiger partial charge in [0.15, 0.2) is 0 Å². The third-order valence-corrected chi connectivity index (χ3v) is 3.95. The lowest BCUT2D eigenvalue weighted by molar-refractivity contribution is -0.133. The highest BCUT2D eigenvalue weighted by Gasteiger charge is 2.25. The van der Waals surface area contributed by atoms with E-state index in [1.54, 1.807) is 0 Å². The van der Waals surface area contributed by atoms with E-state index in [0.29, 0.717) is 19.4 Å². The van der Waals surface area contributed by atoms with E-state index in [0.717, 1.165) is 39.1 Å². The summed E-state index contributed by atoms with van der Waals surface area (Å²) in [5.41, 5.74) is 0. The van der Waals surface area contributed by atoms with Crippen molar-refractivity contribution in [1.82, 2.24) is 15.5 Å². The molecule has 0 aromatic rings. The van der Waals surface area contributed by atoms with E-state index in [1.807, 2.05) is 11.8 Å². The van der Waals surface area contributed by atoms with Crippen LogP contribution in [0, 0.1) is 0 Å². The Morgan fingerprint density at radius 2 is 2.10 bits per heavy atom. The van der Waals surface area contributed by atoms with Crippen molar-refractivity contribution in [3.05, 3.63) is 0 Å². The fourth-order valence-corrected chi connectivity index (χ4v) is 2.69. The van der Waals surface area contributed by atoms with Gasteiger partial charge in [-0.05, 0) is 12.8 Å². The van der Waals surface area contributed by atoms with Gasteiger partial charge in [0.2, 0.25) is 11.8 Å². The van der Waals surface area contributed by atoms with Crippen molar-refractivity contribution in [1.29, 1.82) is 0 Å². The van der Waals surface area contributed by atoms with Crippen LogP contribution in [-0.4, -0.2) is 61.6 Å². The van der Waals surface area contributed by atoms with E-state index in [9.17, 15) is 9.59 Å². The van der Waals surface area contributed by atoms with Crippen molar-refractivity contribution in [2.45, 2.75) is 44.7 Å². The topological polar surface area (TPSA) is 70.7 Å². The summed E-state index contributed by atoms with van der Waals surface area (Å²) in [6.07, 6.45) is 2.73. The smallest absolute Gasteiger partial charge is 0.224 e. The zero-order chi connectivity index (χ0) is 14.4. The average Bonchev–Trinajstić information content (AvgIpc) is 2.49. The van der Waals surface area contributed by atoms with Crippen LogP contribution in [-0.2, 0) is 14.3 Å². The number of rotatable bonds is 4. The standard InChI is InChI=1S/C14H25N3O3/c1-2-13(18)16-11-3-6-17(7-4-11)14(19)9-12-10-20-8-5-15-12/h11-12,15H,2-10H2,1H3,(H,16,18). The molecule has 2 aliphatic rings. The van der Waals surface area contributed by atoms with E-state index < -0.39 is 0 Å². The molecule has 2 N–H and O–H groups in total. The molecule has 2 heterocycles. The van der Waals surface area contributed by atoms with Gasteiger partial charge < -0.3 is 20.3 Å². The molecule has 0 spiro atoms. The molecule has 0 aliphatic carbocycles. The summed E-state index contributed by atoms with van der Waals surface area (Å²) in [4.78, 5) is 25.4. The first-order chi connectivity index (χ1) is 9.69. The molecule has 2 saturated heterocycles. The van der Waals surface area contributed by atoms with Crippen LogP contribution in [0.15, 0.2) is 0 Å². The summed E-state index contributed by atoms with van der Waals surface area (Å²) in [6.45, 7) is 5.50. The zero-order valence-electron chi connectivity index (χ0n) is 12.2. The molecule has 0 bridgehead atoms. The maximum Gasteiger partial charge on any atom is 0.224 e. The van der Waals surface area contributed by atoms with E-state index in [2.05, 4.69) is 10.6 Å². The van der Waals surface area contributed by atoms with Crippen LogP contribution in [0.4, 0.5) is 0 Å². The zero-order valence-corrected chi connectivity index (χ0v) is 12.2. The molecule has 2 aliphatic heterocycles. The third kappa shape index (κ3) is 4.45. The fraction of sp³-hybridized carbons (Fsp3) is 0.857. The number of amides is 2. The highest BCUT2D eigenvalue weighted by molar-refractivity contribution is 5.77. The van der Waals surface area contributed by atoms with Gasteiger partial charge in [-0.3, -0.25) is 9.59 Å². The molecule has 20 heavy (non-hydrogen) atoms. The lowest BCUT2D eigenvalue weighted by Crippen LogP contribution is -2.49. The van der Waals surface area contributed by atoms with Crippen LogP contribution in [0.1, 0.15) is 32.6 Å². The highest BCUT2D eigenvalue weighted by atomic mass is 16.5. The Morgan fingerprint density at radius 1 is 1.35 bits per heavy atom. The van der Waals surface area contributed by atoms with Gasteiger partial charge in [-0.15, -0.1) is 0 Å². The summed E-state index contributed by atoms with van der Waals surface area (Å²) in [7, 11) is 0. The molecule has 2 rings (SSSR count). The second-order valence-corrected chi connectivity index (χ2v) is 5.51. The van der Waals surface area contributed by atoms with Crippen molar-refractivity contribution in [3.8, 4) is 0 Å². The molecule has 2 fully saturated rings. The number of nitrogens with one attached hydrogen (secondary N) is 2. The summed E-state index contributed by atoms with van der Waals surface area (Å²) >= 11 is 0. The van der Waals surface area contributed by atoms with Crippen LogP contribution >= 0.6 is 0 Å². The minimum absolute atomic E-state index is 0.0957. The van der Waals surface area contributed by atoms with Crippen molar-refractivity contribution in [2.24, 2.45) is 0 Å². The van der Waals surface area contributed by atoms with Gasteiger partial charge in [0.25, 0.3) is 0 Å². The second kappa shape index (κ2) is 7.59. The number of carbonyl (C=O) groups excluding carboxylic acids is 2.